The lowest BCUT2D eigenvalue weighted by Crippen LogP contribution is -2.17. The molecule has 0 saturated carbocycles. The first-order chi connectivity index (χ1) is 16.3. The first-order valence-electron chi connectivity index (χ1n) is 10.4. The number of ether oxygens (including phenoxy) is 1. The van der Waals surface area contributed by atoms with Crippen molar-refractivity contribution in [1.29, 1.82) is 0 Å². The maximum Gasteiger partial charge on any atom is 0.336 e. The highest BCUT2D eigenvalue weighted by Gasteiger charge is 2.24. The van der Waals surface area contributed by atoms with Crippen LogP contribution >= 0.6 is 11.8 Å². The first kappa shape index (κ1) is 23.1. The summed E-state index contributed by atoms with van der Waals surface area (Å²) in [6, 6.07) is 19.8. The second kappa shape index (κ2) is 9.80. The topological polar surface area (TPSA) is 92.7 Å². The van der Waals surface area contributed by atoms with Crippen molar-refractivity contribution < 1.29 is 24.2 Å². The third kappa shape index (κ3) is 5.63. The predicted molar refractivity (Wildman–Crippen MR) is 133 cm³/mol. The van der Waals surface area contributed by atoms with Crippen LogP contribution < -0.4 is 10.1 Å². The summed E-state index contributed by atoms with van der Waals surface area (Å²) in [6.45, 7) is 3.95. The van der Waals surface area contributed by atoms with Crippen LogP contribution in [0.3, 0.4) is 0 Å². The minimum absolute atomic E-state index is 0.166. The fourth-order valence-electron chi connectivity index (χ4n) is 3.60. The zero-order valence-electron chi connectivity index (χ0n) is 18.5. The summed E-state index contributed by atoms with van der Waals surface area (Å²) in [4.78, 5) is 35.3. The van der Waals surface area contributed by atoms with Crippen molar-refractivity contribution in [2.24, 2.45) is 0 Å². The summed E-state index contributed by atoms with van der Waals surface area (Å²) < 4.78 is 5.92. The lowest BCUT2D eigenvalue weighted by molar-refractivity contribution is -0.130. The molecule has 3 aromatic rings. The largest absolute Gasteiger partial charge is 0.478 e. The van der Waals surface area contributed by atoms with Crippen molar-refractivity contribution in [3.8, 4) is 11.5 Å². The van der Waals surface area contributed by atoms with Crippen molar-refractivity contribution in [3.05, 3.63) is 99.5 Å². The molecule has 1 aliphatic rings. The van der Waals surface area contributed by atoms with E-state index in [1.54, 1.807) is 60.7 Å². The summed E-state index contributed by atoms with van der Waals surface area (Å²) in [5.41, 5.74) is 4.38. The van der Waals surface area contributed by atoms with Gasteiger partial charge < -0.3 is 9.84 Å². The molecule has 0 aliphatic carbocycles. The number of carboxylic acid groups (broad SMARTS) is 1. The number of amides is 2. The molecular weight excluding hydrogens is 450 g/mol. The molecule has 0 bridgehead atoms. The Bertz CT molecular complexity index is 1340. The van der Waals surface area contributed by atoms with Gasteiger partial charge in [-0.25, -0.2) is 4.79 Å². The molecule has 6 nitrogen and oxygen atoms in total. The highest BCUT2D eigenvalue weighted by molar-refractivity contribution is 8.18. The van der Waals surface area contributed by atoms with Gasteiger partial charge in [0, 0.05) is 0 Å². The molecule has 0 radical (unpaired) electrons. The van der Waals surface area contributed by atoms with Gasteiger partial charge in [-0.1, -0.05) is 53.6 Å². The molecular formula is C27H21NO5S. The molecule has 1 saturated heterocycles. The molecule has 2 amide bonds. The summed E-state index contributed by atoms with van der Waals surface area (Å²) in [7, 11) is 0. The Kier molecular flexibility index (Phi) is 6.65. The van der Waals surface area contributed by atoms with Crippen LogP contribution in [0.2, 0.25) is 0 Å². The van der Waals surface area contributed by atoms with Gasteiger partial charge in [0.25, 0.3) is 11.1 Å². The second-order valence-electron chi connectivity index (χ2n) is 7.84. The maximum atomic E-state index is 12.0. The van der Waals surface area contributed by atoms with Gasteiger partial charge in [0.1, 0.15) is 11.5 Å². The maximum absolute atomic E-state index is 12.0. The fraction of sp³-hybridized carbons (Fsp3) is 0.0741. The molecule has 4 rings (SSSR count). The van der Waals surface area contributed by atoms with Gasteiger partial charge >= 0.3 is 5.97 Å². The van der Waals surface area contributed by atoms with E-state index >= 15 is 0 Å². The van der Waals surface area contributed by atoms with Crippen LogP contribution in [0.4, 0.5) is 4.79 Å². The number of carbonyl (C=O) groups excluding carboxylic acids is 2. The molecule has 170 valence electrons. The molecule has 0 atom stereocenters. The Morgan fingerprint density at radius 2 is 1.62 bits per heavy atom. The van der Waals surface area contributed by atoms with E-state index in [1.165, 1.54) is 0 Å². The van der Waals surface area contributed by atoms with E-state index in [1.807, 2.05) is 32.0 Å². The van der Waals surface area contributed by atoms with Crippen LogP contribution in [-0.2, 0) is 9.59 Å². The molecule has 1 aliphatic heterocycles. The van der Waals surface area contributed by atoms with Gasteiger partial charge in [0.05, 0.1) is 10.5 Å². The van der Waals surface area contributed by atoms with Crippen molar-refractivity contribution in [3.63, 3.8) is 0 Å². The highest BCUT2D eigenvalue weighted by atomic mass is 32.2. The highest BCUT2D eigenvalue weighted by Crippen LogP contribution is 2.29. The molecule has 1 heterocycles. The Morgan fingerprint density at radius 1 is 0.912 bits per heavy atom. The zero-order valence-corrected chi connectivity index (χ0v) is 19.3. The lowest BCUT2D eigenvalue weighted by Gasteiger charge is -2.09. The lowest BCUT2D eigenvalue weighted by atomic mass is 10.0. The van der Waals surface area contributed by atoms with Gasteiger partial charge in [0.2, 0.25) is 0 Å². The van der Waals surface area contributed by atoms with Gasteiger partial charge in [-0.3, -0.25) is 14.9 Å². The average molecular weight is 472 g/mol. The molecule has 7 heteroatoms. The van der Waals surface area contributed by atoms with Crippen molar-refractivity contribution in [1.82, 2.24) is 5.32 Å². The Morgan fingerprint density at radius 3 is 2.24 bits per heavy atom. The standard InChI is InChI=1S/C27H21NO5S/c1-16-10-17(2)12-19(11-16)13-23(26(30)31)20-4-3-5-22(15-20)33-21-8-6-18(7-9-21)14-24-25(29)28-27(32)34-24/h3-15H,1-2H3,(H,30,31)(H,28,29,32)/b23-13+,24-14-. The van der Waals surface area contributed by atoms with E-state index in [4.69, 9.17) is 4.74 Å². The van der Waals surface area contributed by atoms with Crippen LogP contribution in [0.1, 0.15) is 27.8 Å². The van der Waals surface area contributed by atoms with E-state index in [2.05, 4.69) is 5.32 Å². The number of benzene rings is 3. The van der Waals surface area contributed by atoms with Gasteiger partial charge in [0.15, 0.2) is 0 Å². The smallest absolute Gasteiger partial charge is 0.336 e. The number of aliphatic carboxylic acids is 1. The minimum atomic E-state index is -1.03. The molecule has 0 unspecified atom stereocenters. The van der Waals surface area contributed by atoms with Crippen LogP contribution in [0.15, 0.2) is 71.6 Å². The second-order valence-corrected chi connectivity index (χ2v) is 8.85. The first-order valence-corrected chi connectivity index (χ1v) is 11.2. The van der Waals surface area contributed by atoms with Crippen LogP contribution in [0, 0.1) is 13.8 Å². The number of rotatable bonds is 6. The van der Waals surface area contributed by atoms with E-state index in [9.17, 15) is 19.5 Å². The normalized spacial score (nSPS) is 14.9. The van der Waals surface area contributed by atoms with Crippen LogP contribution in [0.5, 0.6) is 11.5 Å². The Balaban J connectivity index is 1.55. The minimum Gasteiger partial charge on any atom is -0.478 e. The molecule has 2 N–H and O–H groups in total. The van der Waals surface area contributed by atoms with Gasteiger partial charge in [-0.15, -0.1) is 0 Å². The Hall–Kier alpha value is -4.10. The fourth-order valence-corrected chi connectivity index (χ4v) is 4.28. The van der Waals surface area contributed by atoms with E-state index in [0.29, 0.717) is 22.0 Å². The van der Waals surface area contributed by atoms with Gasteiger partial charge in [-0.2, -0.15) is 0 Å². The quantitative estimate of drug-likeness (QED) is 0.336. The summed E-state index contributed by atoms with van der Waals surface area (Å²) in [5.74, 6) is -0.391. The monoisotopic (exact) mass is 471 g/mol. The number of hydrogen-bond donors (Lipinski definition) is 2. The van der Waals surface area contributed by atoms with Gasteiger partial charge in [-0.05, 0) is 78.7 Å². The van der Waals surface area contributed by atoms with Crippen molar-refractivity contribution in [2.45, 2.75) is 13.8 Å². The van der Waals surface area contributed by atoms with Crippen molar-refractivity contribution >= 4 is 46.6 Å². The molecule has 0 aromatic heterocycles. The van der Waals surface area contributed by atoms with Crippen molar-refractivity contribution in [2.75, 3.05) is 0 Å². The summed E-state index contributed by atoms with van der Waals surface area (Å²) in [6.07, 6.45) is 3.29. The van der Waals surface area contributed by atoms with Crippen LogP contribution in [0.25, 0.3) is 17.7 Å². The number of carboxylic acids is 1. The zero-order chi connectivity index (χ0) is 24.2. The number of imide groups is 1. The third-order valence-electron chi connectivity index (χ3n) is 4.99. The molecule has 0 spiro atoms. The number of carbonyl (C=O) groups is 3. The van der Waals surface area contributed by atoms with E-state index in [0.717, 1.165) is 34.0 Å². The number of thioether (sulfide) groups is 1. The van der Waals surface area contributed by atoms with Crippen LogP contribution in [-0.4, -0.2) is 22.2 Å². The predicted octanol–water partition coefficient (Wildman–Crippen LogP) is 6.04. The number of hydrogen-bond acceptors (Lipinski definition) is 5. The average Bonchev–Trinajstić information content (AvgIpc) is 3.09. The van der Waals surface area contributed by atoms with E-state index in [-0.39, 0.29) is 10.8 Å². The SMILES string of the molecule is Cc1cc(C)cc(/C=C(/C(=O)O)c2cccc(Oc3ccc(/C=C4\SC(=O)NC4=O)cc3)c2)c1. The van der Waals surface area contributed by atoms with E-state index < -0.39 is 11.9 Å². The number of aryl methyl sites for hydroxylation is 2. The molecule has 34 heavy (non-hydrogen) atoms. The number of nitrogens with one attached hydrogen (secondary N) is 1. The summed E-state index contributed by atoms with van der Waals surface area (Å²) in [5, 5.41) is 11.7. The molecule has 3 aromatic carbocycles. The third-order valence-corrected chi connectivity index (χ3v) is 5.80. The molecule has 1 fully saturated rings. The summed E-state index contributed by atoms with van der Waals surface area (Å²) >= 11 is 0.861. The Labute approximate surface area is 201 Å².